The lowest BCUT2D eigenvalue weighted by atomic mass is 10.2. The monoisotopic (exact) mass is 273 g/mol. The number of benzene rings is 2. The molecule has 1 amide bonds. The summed E-state index contributed by atoms with van der Waals surface area (Å²) in [5.41, 5.74) is 1.12. The molecule has 0 atom stereocenters. The van der Waals surface area contributed by atoms with Crippen LogP contribution in [0.5, 0.6) is 0 Å². The normalized spacial score (nSPS) is 10.1. The Bertz CT molecular complexity index is 572. The van der Waals surface area contributed by atoms with Gasteiger partial charge in [0, 0.05) is 6.54 Å². The second kappa shape index (κ2) is 6.70. The van der Waals surface area contributed by atoms with E-state index in [4.69, 9.17) is 4.74 Å². The lowest BCUT2D eigenvalue weighted by Crippen LogP contribution is -2.31. The smallest absolute Gasteiger partial charge is 0.414 e. The van der Waals surface area contributed by atoms with Crippen molar-refractivity contribution in [1.29, 1.82) is 0 Å². The van der Waals surface area contributed by atoms with E-state index in [1.807, 2.05) is 30.3 Å². The third kappa shape index (κ3) is 3.35. The van der Waals surface area contributed by atoms with E-state index < -0.39 is 11.9 Å². The predicted octanol–water partition coefficient (Wildman–Crippen LogP) is 3.99. The van der Waals surface area contributed by atoms with E-state index in [2.05, 4.69) is 0 Å². The third-order valence-electron chi connectivity index (χ3n) is 2.88. The van der Waals surface area contributed by atoms with Gasteiger partial charge in [-0.1, -0.05) is 42.5 Å². The number of hydrogen-bond acceptors (Lipinski definition) is 2. The number of amides is 1. The molecular weight excluding hydrogens is 257 g/mol. The van der Waals surface area contributed by atoms with Crippen LogP contribution in [0.25, 0.3) is 0 Å². The molecule has 2 rings (SSSR count). The fraction of sp³-hybridized carbons (Fsp3) is 0.188. The molecule has 2 aromatic carbocycles. The maximum atomic E-state index is 13.7. The minimum absolute atomic E-state index is 0.171. The number of nitrogens with zero attached hydrogens (tertiary/aromatic N) is 1. The van der Waals surface area contributed by atoms with E-state index in [9.17, 15) is 9.18 Å². The summed E-state index contributed by atoms with van der Waals surface area (Å²) in [6, 6.07) is 15.5. The van der Waals surface area contributed by atoms with Crippen molar-refractivity contribution in [3.8, 4) is 0 Å². The number of anilines is 1. The van der Waals surface area contributed by atoms with Crippen LogP contribution in [0, 0.1) is 5.82 Å². The first-order valence-electron chi connectivity index (χ1n) is 6.45. The summed E-state index contributed by atoms with van der Waals surface area (Å²) < 4.78 is 18.9. The summed E-state index contributed by atoms with van der Waals surface area (Å²) in [4.78, 5) is 13.3. The van der Waals surface area contributed by atoms with Gasteiger partial charge in [-0.2, -0.15) is 0 Å². The first-order chi connectivity index (χ1) is 9.72. The van der Waals surface area contributed by atoms with Gasteiger partial charge in [-0.3, -0.25) is 4.90 Å². The summed E-state index contributed by atoms with van der Waals surface area (Å²) in [5, 5.41) is 0. The van der Waals surface area contributed by atoms with Gasteiger partial charge in [0.15, 0.2) is 0 Å². The van der Waals surface area contributed by atoms with E-state index in [-0.39, 0.29) is 12.3 Å². The van der Waals surface area contributed by atoms with E-state index in [0.717, 1.165) is 5.56 Å². The lowest BCUT2D eigenvalue weighted by Gasteiger charge is -2.20. The van der Waals surface area contributed by atoms with Crippen LogP contribution in [0.15, 0.2) is 54.6 Å². The quantitative estimate of drug-likeness (QED) is 0.843. The van der Waals surface area contributed by atoms with Crippen molar-refractivity contribution in [2.24, 2.45) is 0 Å². The molecule has 0 aromatic heterocycles. The molecular formula is C16H16FNO2. The molecule has 0 saturated heterocycles. The zero-order chi connectivity index (χ0) is 14.4. The van der Waals surface area contributed by atoms with Crippen LogP contribution in [0.3, 0.4) is 0 Å². The Morgan fingerprint density at radius 3 is 2.40 bits per heavy atom. The molecule has 0 saturated carbocycles. The zero-order valence-corrected chi connectivity index (χ0v) is 11.3. The second-order valence-electron chi connectivity index (χ2n) is 4.24. The molecule has 0 bridgehead atoms. The van der Waals surface area contributed by atoms with Crippen LogP contribution >= 0.6 is 0 Å². The van der Waals surface area contributed by atoms with Gasteiger partial charge in [0.05, 0.1) is 5.69 Å². The Hall–Kier alpha value is -2.36. The number of ether oxygens (including phenoxy) is 1. The summed E-state index contributed by atoms with van der Waals surface area (Å²) >= 11 is 0. The van der Waals surface area contributed by atoms with Crippen molar-refractivity contribution in [2.75, 3.05) is 11.4 Å². The van der Waals surface area contributed by atoms with Gasteiger partial charge in [-0.15, -0.1) is 0 Å². The van der Waals surface area contributed by atoms with Gasteiger partial charge >= 0.3 is 6.09 Å². The van der Waals surface area contributed by atoms with Crippen LogP contribution < -0.4 is 4.90 Å². The number of hydrogen-bond donors (Lipinski definition) is 0. The molecule has 0 unspecified atom stereocenters. The highest BCUT2D eigenvalue weighted by atomic mass is 19.1. The van der Waals surface area contributed by atoms with Gasteiger partial charge in [0.25, 0.3) is 0 Å². The van der Waals surface area contributed by atoms with Crippen molar-refractivity contribution in [2.45, 2.75) is 13.5 Å². The number of rotatable bonds is 4. The van der Waals surface area contributed by atoms with Gasteiger partial charge in [-0.05, 0) is 24.6 Å². The molecule has 0 radical (unpaired) electrons. The molecule has 2 aromatic rings. The maximum absolute atomic E-state index is 13.7. The van der Waals surface area contributed by atoms with E-state index in [1.54, 1.807) is 25.1 Å². The molecule has 0 aliphatic heterocycles. The van der Waals surface area contributed by atoms with Crippen molar-refractivity contribution >= 4 is 11.8 Å². The van der Waals surface area contributed by atoms with Gasteiger partial charge in [-0.25, -0.2) is 9.18 Å². The highest BCUT2D eigenvalue weighted by Crippen LogP contribution is 2.19. The van der Waals surface area contributed by atoms with Gasteiger partial charge < -0.3 is 4.74 Å². The molecule has 0 heterocycles. The van der Waals surface area contributed by atoms with E-state index in [0.29, 0.717) is 6.54 Å². The molecule has 0 aliphatic carbocycles. The standard InChI is InChI=1S/C16H16FNO2/c1-2-18(15-11-7-6-10-14(15)17)16(19)20-12-13-8-4-3-5-9-13/h3-11H,2,12H2,1H3. The van der Waals surface area contributed by atoms with E-state index in [1.165, 1.54) is 11.0 Å². The van der Waals surface area contributed by atoms with Crippen molar-refractivity contribution in [3.05, 3.63) is 66.0 Å². The van der Waals surface area contributed by atoms with Crippen LogP contribution in [-0.4, -0.2) is 12.6 Å². The van der Waals surface area contributed by atoms with E-state index >= 15 is 0 Å². The molecule has 0 fully saturated rings. The van der Waals surface area contributed by atoms with Gasteiger partial charge in [0.1, 0.15) is 12.4 Å². The SMILES string of the molecule is CCN(C(=O)OCc1ccccc1)c1ccccc1F. The summed E-state index contributed by atoms with van der Waals surface area (Å²) in [5.74, 6) is -0.439. The average molecular weight is 273 g/mol. The lowest BCUT2D eigenvalue weighted by molar-refractivity contribution is 0.147. The highest BCUT2D eigenvalue weighted by Gasteiger charge is 2.18. The second-order valence-corrected chi connectivity index (χ2v) is 4.24. The molecule has 4 heteroatoms. The van der Waals surface area contributed by atoms with Crippen molar-refractivity contribution in [1.82, 2.24) is 0 Å². The first-order valence-corrected chi connectivity index (χ1v) is 6.45. The Morgan fingerprint density at radius 1 is 1.10 bits per heavy atom. The average Bonchev–Trinajstić information content (AvgIpc) is 2.49. The number of carbonyl (C=O) groups excluding carboxylic acids is 1. The molecule has 3 nitrogen and oxygen atoms in total. The Kier molecular flexibility index (Phi) is 4.71. The Labute approximate surface area is 117 Å². The van der Waals surface area contributed by atoms with Crippen LogP contribution in [0.4, 0.5) is 14.9 Å². The Morgan fingerprint density at radius 2 is 1.75 bits per heavy atom. The maximum Gasteiger partial charge on any atom is 0.414 e. The van der Waals surface area contributed by atoms with Crippen LogP contribution in [-0.2, 0) is 11.3 Å². The fourth-order valence-electron chi connectivity index (χ4n) is 1.87. The van der Waals surface area contributed by atoms with Crippen molar-refractivity contribution in [3.63, 3.8) is 0 Å². The third-order valence-corrected chi connectivity index (χ3v) is 2.88. The fourth-order valence-corrected chi connectivity index (χ4v) is 1.87. The summed E-state index contributed by atoms with van der Waals surface area (Å²) in [6.45, 7) is 2.29. The minimum Gasteiger partial charge on any atom is -0.444 e. The van der Waals surface area contributed by atoms with Crippen LogP contribution in [0.2, 0.25) is 0 Å². The number of halogens is 1. The number of para-hydroxylation sites is 1. The Balaban J connectivity index is 2.05. The molecule has 20 heavy (non-hydrogen) atoms. The van der Waals surface area contributed by atoms with Gasteiger partial charge in [0.2, 0.25) is 0 Å². The number of carbonyl (C=O) groups is 1. The molecule has 104 valence electrons. The molecule has 0 aliphatic rings. The topological polar surface area (TPSA) is 29.5 Å². The molecule has 0 spiro atoms. The van der Waals surface area contributed by atoms with Crippen LogP contribution in [0.1, 0.15) is 12.5 Å². The largest absolute Gasteiger partial charge is 0.444 e. The van der Waals surface area contributed by atoms with Crippen molar-refractivity contribution < 1.29 is 13.9 Å². The zero-order valence-electron chi connectivity index (χ0n) is 11.3. The minimum atomic E-state index is -0.554. The summed E-state index contributed by atoms with van der Waals surface area (Å²) in [7, 11) is 0. The first kappa shape index (κ1) is 14.1. The molecule has 0 N–H and O–H groups in total. The summed E-state index contributed by atoms with van der Waals surface area (Å²) in [6.07, 6.45) is -0.554. The predicted molar refractivity (Wildman–Crippen MR) is 76.0 cm³/mol. The highest BCUT2D eigenvalue weighted by molar-refractivity contribution is 5.87.